The number of nitrogen functional groups attached to an aromatic ring is 1. The molecule has 2 aromatic rings. The van der Waals surface area contributed by atoms with Gasteiger partial charge < -0.3 is 20.7 Å². The molecule has 1 aliphatic rings. The summed E-state index contributed by atoms with van der Waals surface area (Å²) in [6.07, 6.45) is 0. The highest BCUT2D eigenvalue weighted by Crippen LogP contribution is 2.29. The summed E-state index contributed by atoms with van der Waals surface area (Å²) >= 11 is 6.07. The predicted molar refractivity (Wildman–Crippen MR) is 103 cm³/mol. The van der Waals surface area contributed by atoms with E-state index >= 15 is 0 Å². The van der Waals surface area contributed by atoms with Gasteiger partial charge in [-0.3, -0.25) is 4.90 Å². The molecule has 26 heavy (non-hydrogen) atoms. The van der Waals surface area contributed by atoms with Crippen molar-refractivity contribution in [1.29, 1.82) is 0 Å². The highest BCUT2D eigenvalue weighted by atomic mass is 35.5. The van der Waals surface area contributed by atoms with Gasteiger partial charge in [-0.25, -0.2) is 0 Å². The average Bonchev–Trinajstić information content (AvgIpc) is 2.62. The smallest absolute Gasteiger partial charge is 0.232 e. The van der Waals surface area contributed by atoms with Gasteiger partial charge in [0.05, 0.1) is 19.3 Å². The Morgan fingerprint density at radius 1 is 1.15 bits per heavy atom. The zero-order chi connectivity index (χ0) is 18.5. The Morgan fingerprint density at radius 3 is 2.58 bits per heavy atom. The fourth-order valence-electron chi connectivity index (χ4n) is 2.93. The largest absolute Gasteiger partial charge is 0.495 e. The summed E-state index contributed by atoms with van der Waals surface area (Å²) in [6.45, 7) is 8.01. The molecule has 0 saturated carbocycles. The quantitative estimate of drug-likeness (QED) is 0.789. The molecule has 9 heteroatoms. The number of piperazine rings is 1. The summed E-state index contributed by atoms with van der Waals surface area (Å²) in [5, 5.41) is 3.71. The van der Waals surface area contributed by atoms with E-state index in [1.54, 1.807) is 25.3 Å². The summed E-state index contributed by atoms with van der Waals surface area (Å²) in [6, 6.07) is 5.29. The first-order valence-electron chi connectivity index (χ1n) is 8.63. The molecule has 0 atom stereocenters. The summed E-state index contributed by atoms with van der Waals surface area (Å²) < 4.78 is 5.34. The van der Waals surface area contributed by atoms with Crippen molar-refractivity contribution in [3.05, 3.63) is 29.0 Å². The van der Waals surface area contributed by atoms with Gasteiger partial charge >= 0.3 is 0 Å². The van der Waals surface area contributed by atoms with Gasteiger partial charge in [0.15, 0.2) is 0 Å². The topological polar surface area (TPSA) is 92.4 Å². The van der Waals surface area contributed by atoms with Gasteiger partial charge in [0.25, 0.3) is 0 Å². The van der Waals surface area contributed by atoms with Gasteiger partial charge in [-0.2, -0.15) is 15.0 Å². The number of ether oxygens (including phenoxy) is 1. The van der Waals surface area contributed by atoms with Crippen LogP contribution < -0.4 is 15.8 Å². The number of halogens is 1. The lowest BCUT2D eigenvalue weighted by Crippen LogP contribution is -2.45. The van der Waals surface area contributed by atoms with Crippen LogP contribution in [0.15, 0.2) is 18.2 Å². The molecule has 0 bridgehead atoms. The minimum absolute atomic E-state index is 0.186. The minimum atomic E-state index is 0.186. The van der Waals surface area contributed by atoms with Crippen molar-refractivity contribution in [2.45, 2.75) is 13.5 Å². The summed E-state index contributed by atoms with van der Waals surface area (Å²) in [5.74, 6) is 1.85. The summed E-state index contributed by atoms with van der Waals surface area (Å²) in [4.78, 5) is 17.7. The lowest BCUT2D eigenvalue weighted by atomic mass is 10.3. The number of benzene rings is 1. The summed E-state index contributed by atoms with van der Waals surface area (Å²) in [7, 11) is 1.59. The molecule has 1 saturated heterocycles. The zero-order valence-corrected chi connectivity index (χ0v) is 15.8. The van der Waals surface area contributed by atoms with Crippen LogP contribution >= 0.6 is 11.6 Å². The van der Waals surface area contributed by atoms with E-state index in [0.29, 0.717) is 34.8 Å². The van der Waals surface area contributed by atoms with Crippen molar-refractivity contribution in [2.75, 3.05) is 50.9 Å². The van der Waals surface area contributed by atoms with Crippen LogP contribution in [0.1, 0.15) is 12.7 Å². The van der Waals surface area contributed by atoms with Crippen molar-refractivity contribution in [1.82, 2.24) is 24.8 Å². The van der Waals surface area contributed by atoms with Gasteiger partial charge in [0.1, 0.15) is 11.6 Å². The minimum Gasteiger partial charge on any atom is -0.495 e. The Kier molecular flexibility index (Phi) is 6.08. The summed E-state index contributed by atoms with van der Waals surface area (Å²) in [5.41, 5.74) is 6.55. The molecule has 1 aromatic heterocycles. The first kappa shape index (κ1) is 18.6. The first-order valence-corrected chi connectivity index (χ1v) is 9.01. The van der Waals surface area contributed by atoms with E-state index in [9.17, 15) is 0 Å². The highest BCUT2D eigenvalue weighted by molar-refractivity contribution is 6.30. The number of rotatable bonds is 6. The van der Waals surface area contributed by atoms with E-state index in [1.807, 2.05) is 0 Å². The standard InChI is InChI=1S/C17H24ClN7O/c1-3-24-6-8-25(9-7-24)11-15-21-16(19)23-17(22-15)20-13-10-12(18)4-5-14(13)26-2/h4-5,10H,3,6-9,11H2,1-2H3,(H3,19,20,21,22,23). The Balaban J connectivity index is 1.73. The van der Waals surface area contributed by atoms with Crippen LogP contribution in [0, 0.1) is 0 Å². The molecule has 0 unspecified atom stereocenters. The van der Waals surface area contributed by atoms with Crippen LogP contribution in [0.5, 0.6) is 5.75 Å². The van der Waals surface area contributed by atoms with Gasteiger partial charge in [-0.15, -0.1) is 0 Å². The van der Waals surface area contributed by atoms with Gasteiger partial charge in [0, 0.05) is 31.2 Å². The first-order chi connectivity index (χ1) is 12.6. The molecule has 140 valence electrons. The number of nitrogens with zero attached hydrogens (tertiary/aromatic N) is 5. The molecule has 0 amide bonds. The molecule has 1 aromatic carbocycles. The second-order valence-corrected chi connectivity index (χ2v) is 6.55. The zero-order valence-electron chi connectivity index (χ0n) is 15.1. The molecular formula is C17H24ClN7O. The number of aromatic nitrogens is 3. The lowest BCUT2D eigenvalue weighted by Gasteiger charge is -2.33. The Morgan fingerprint density at radius 2 is 1.88 bits per heavy atom. The van der Waals surface area contributed by atoms with Crippen molar-refractivity contribution in [2.24, 2.45) is 0 Å². The second-order valence-electron chi connectivity index (χ2n) is 6.11. The molecule has 1 fully saturated rings. The number of hydrogen-bond donors (Lipinski definition) is 2. The fourth-order valence-corrected chi connectivity index (χ4v) is 3.10. The number of nitrogens with two attached hydrogens (primary N) is 1. The van der Waals surface area contributed by atoms with Crippen molar-refractivity contribution < 1.29 is 4.74 Å². The third-order valence-electron chi connectivity index (χ3n) is 4.38. The van der Waals surface area contributed by atoms with Crippen LogP contribution in [-0.2, 0) is 6.54 Å². The molecule has 8 nitrogen and oxygen atoms in total. The molecule has 2 heterocycles. The third-order valence-corrected chi connectivity index (χ3v) is 4.62. The van der Waals surface area contributed by atoms with Gasteiger partial charge in [-0.05, 0) is 24.7 Å². The molecule has 3 rings (SSSR count). The third kappa shape index (κ3) is 4.72. The fraction of sp³-hybridized carbons (Fsp3) is 0.471. The number of hydrogen-bond acceptors (Lipinski definition) is 8. The Labute approximate surface area is 158 Å². The molecule has 1 aliphatic heterocycles. The van der Waals surface area contributed by atoms with E-state index in [4.69, 9.17) is 22.1 Å². The molecule has 0 radical (unpaired) electrons. The van der Waals surface area contributed by atoms with E-state index < -0.39 is 0 Å². The van der Waals surface area contributed by atoms with Crippen LogP contribution in [0.4, 0.5) is 17.6 Å². The number of methoxy groups -OCH3 is 1. The molecule has 0 aliphatic carbocycles. The Hall–Kier alpha value is -2.16. The molecule has 0 spiro atoms. The van der Waals surface area contributed by atoms with E-state index in [1.165, 1.54) is 0 Å². The number of likely N-dealkylation sites (N-methyl/N-ethyl adjacent to an activating group) is 1. The molecular weight excluding hydrogens is 354 g/mol. The second kappa shape index (κ2) is 8.48. The van der Waals surface area contributed by atoms with Crippen LogP contribution in [0.3, 0.4) is 0 Å². The highest BCUT2D eigenvalue weighted by Gasteiger charge is 2.17. The molecule has 3 N–H and O–H groups in total. The maximum Gasteiger partial charge on any atom is 0.232 e. The normalized spacial score (nSPS) is 15.8. The lowest BCUT2D eigenvalue weighted by molar-refractivity contribution is 0.129. The maximum absolute atomic E-state index is 6.07. The van der Waals surface area contributed by atoms with Crippen molar-refractivity contribution >= 4 is 29.2 Å². The van der Waals surface area contributed by atoms with Gasteiger partial charge in [0.2, 0.25) is 11.9 Å². The van der Waals surface area contributed by atoms with Crippen LogP contribution in [0.2, 0.25) is 5.02 Å². The van der Waals surface area contributed by atoms with Crippen molar-refractivity contribution in [3.63, 3.8) is 0 Å². The predicted octanol–water partition coefficient (Wildman–Crippen LogP) is 2.00. The van der Waals surface area contributed by atoms with Crippen molar-refractivity contribution in [3.8, 4) is 5.75 Å². The maximum atomic E-state index is 6.07. The van der Waals surface area contributed by atoms with E-state index in [-0.39, 0.29) is 5.95 Å². The number of nitrogens with one attached hydrogen (secondary N) is 1. The van der Waals surface area contributed by atoms with Crippen LogP contribution in [-0.4, -0.2) is 64.6 Å². The average molecular weight is 378 g/mol. The van der Waals surface area contributed by atoms with Gasteiger partial charge in [-0.1, -0.05) is 18.5 Å². The van der Waals surface area contributed by atoms with E-state index in [0.717, 1.165) is 32.7 Å². The Bertz CT molecular complexity index is 750. The number of anilines is 3. The monoisotopic (exact) mass is 377 g/mol. The van der Waals surface area contributed by atoms with E-state index in [2.05, 4.69) is 37.0 Å². The van der Waals surface area contributed by atoms with Crippen LogP contribution in [0.25, 0.3) is 0 Å². The SMILES string of the molecule is CCN1CCN(Cc2nc(N)nc(Nc3cc(Cl)ccc3OC)n2)CC1.